The fraction of sp³-hybridized carbons (Fsp3) is 0.542. The number of esters is 1. The summed E-state index contributed by atoms with van der Waals surface area (Å²) in [7, 11) is 0. The molecule has 6 heteroatoms. The van der Waals surface area contributed by atoms with E-state index in [4.69, 9.17) is 9.47 Å². The number of halogens is 2. The number of hydrogen-bond acceptors (Lipinski definition) is 4. The van der Waals surface area contributed by atoms with E-state index in [1.165, 1.54) is 0 Å². The van der Waals surface area contributed by atoms with Gasteiger partial charge in [-0.1, -0.05) is 59.2 Å². The Balaban J connectivity index is 2.35. The molecule has 0 fully saturated rings. The lowest BCUT2D eigenvalue weighted by Gasteiger charge is -2.31. The van der Waals surface area contributed by atoms with Crippen molar-refractivity contribution in [2.75, 3.05) is 19.7 Å². The van der Waals surface area contributed by atoms with Crippen LogP contribution in [0.5, 0.6) is 5.75 Å². The Labute approximate surface area is 188 Å². The molecule has 0 aliphatic heterocycles. The summed E-state index contributed by atoms with van der Waals surface area (Å²) in [5.74, 6) is -0.450. The van der Waals surface area contributed by atoms with E-state index in [0.717, 1.165) is 19.4 Å². The zero-order chi connectivity index (χ0) is 22.3. The van der Waals surface area contributed by atoms with Crippen molar-refractivity contribution in [2.24, 2.45) is 11.3 Å². The molecule has 0 bridgehead atoms. The normalized spacial score (nSPS) is 19.8. The number of rotatable bonds is 9. The molecule has 0 spiro atoms. The largest absolute Gasteiger partial charge is 0.492 e. The summed E-state index contributed by atoms with van der Waals surface area (Å²) in [4.78, 5) is 13.0. The molecule has 0 saturated heterocycles. The minimum Gasteiger partial charge on any atom is -0.492 e. The van der Waals surface area contributed by atoms with Gasteiger partial charge in [0.05, 0.1) is 16.7 Å². The van der Waals surface area contributed by atoms with E-state index in [2.05, 4.69) is 48.9 Å². The van der Waals surface area contributed by atoms with E-state index in [9.17, 15) is 4.79 Å². The molecular formula is C24H33BrFNO3. The van der Waals surface area contributed by atoms with Gasteiger partial charge in [-0.3, -0.25) is 0 Å². The van der Waals surface area contributed by atoms with E-state index in [0.29, 0.717) is 34.7 Å². The molecule has 1 aliphatic rings. The third-order valence-corrected chi connectivity index (χ3v) is 5.71. The Hall–Kier alpha value is -1.66. The van der Waals surface area contributed by atoms with E-state index >= 15 is 4.39 Å². The Morgan fingerprint density at radius 3 is 2.50 bits per heavy atom. The van der Waals surface area contributed by atoms with Gasteiger partial charge in [0.15, 0.2) is 0 Å². The van der Waals surface area contributed by atoms with Crippen LogP contribution < -0.4 is 10.1 Å². The molecule has 0 aromatic heterocycles. The third-order valence-electron chi connectivity index (χ3n) is 4.84. The van der Waals surface area contributed by atoms with Crippen LogP contribution in [0.25, 0.3) is 0 Å². The van der Waals surface area contributed by atoms with Crippen LogP contribution in [0.1, 0.15) is 47.5 Å². The average molecular weight is 482 g/mol. The van der Waals surface area contributed by atoms with Gasteiger partial charge in [-0.2, -0.15) is 0 Å². The second-order valence-corrected chi connectivity index (χ2v) is 9.63. The van der Waals surface area contributed by atoms with Gasteiger partial charge in [0.1, 0.15) is 17.7 Å². The number of hydrogen-bond donors (Lipinski definition) is 1. The lowest BCUT2D eigenvalue weighted by Crippen LogP contribution is -2.36. The minimum absolute atomic E-state index is 0.0834. The van der Waals surface area contributed by atoms with Gasteiger partial charge in [0.2, 0.25) is 0 Å². The van der Waals surface area contributed by atoms with Crippen molar-refractivity contribution in [1.82, 2.24) is 5.32 Å². The maximum atomic E-state index is 15.4. The van der Waals surface area contributed by atoms with Crippen molar-refractivity contribution in [3.8, 4) is 5.75 Å². The van der Waals surface area contributed by atoms with Crippen LogP contribution in [0.3, 0.4) is 0 Å². The summed E-state index contributed by atoms with van der Waals surface area (Å²) in [5, 5.41) is 3.33. The predicted molar refractivity (Wildman–Crippen MR) is 122 cm³/mol. The first-order valence-corrected chi connectivity index (χ1v) is 11.3. The molecule has 4 nitrogen and oxygen atoms in total. The van der Waals surface area contributed by atoms with Crippen LogP contribution in [0.4, 0.5) is 4.39 Å². The lowest BCUT2D eigenvalue weighted by molar-refractivity contribution is -0.131. The highest BCUT2D eigenvalue weighted by molar-refractivity contribution is 9.12. The summed E-state index contributed by atoms with van der Waals surface area (Å²) in [6, 6.07) is 8.80. The molecule has 1 aromatic rings. The van der Waals surface area contributed by atoms with Crippen LogP contribution in [-0.2, 0) is 9.53 Å². The van der Waals surface area contributed by atoms with Crippen LogP contribution in [0.15, 0.2) is 51.7 Å². The molecule has 30 heavy (non-hydrogen) atoms. The highest BCUT2D eigenvalue weighted by atomic mass is 79.9. The van der Waals surface area contributed by atoms with Crippen molar-refractivity contribution in [3.63, 3.8) is 0 Å². The van der Waals surface area contributed by atoms with Crippen LogP contribution in [0.2, 0.25) is 0 Å². The molecule has 0 amide bonds. The zero-order valence-corrected chi connectivity index (χ0v) is 20.1. The molecule has 0 heterocycles. The Bertz CT molecular complexity index is 783. The minimum atomic E-state index is -1.32. The smallest absolute Gasteiger partial charge is 0.343 e. The van der Waals surface area contributed by atoms with E-state index < -0.39 is 18.1 Å². The van der Waals surface area contributed by atoms with E-state index in [1.54, 1.807) is 31.2 Å². The van der Waals surface area contributed by atoms with Gasteiger partial charge in [0, 0.05) is 19.0 Å². The van der Waals surface area contributed by atoms with Gasteiger partial charge >= 0.3 is 5.97 Å². The van der Waals surface area contributed by atoms with Crippen molar-refractivity contribution >= 4 is 21.9 Å². The monoisotopic (exact) mass is 481 g/mol. The number of allylic oxidation sites excluding steroid dienone is 1. The number of unbranched alkanes of at least 4 members (excludes halogenated alkanes) is 1. The summed E-state index contributed by atoms with van der Waals surface area (Å²) < 4.78 is 27.4. The quantitative estimate of drug-likeness (QED) is 0.269. The average Bonchev–Trinajstić information content (AvgIpc) is 2.68. The first-order valence-electron chi connectivity index (χ1n) is 10.5. The van der Waals surface area contributed by atoms with Crippen molar-refractivity contribution in [1.29, 1.82) is 0 Å². The van der Waals surface area contributed by atoms with Crippen molar-refractivity contribution < 1.29 is 18.7 Å². The van der Waals surface area contributed by atoms with Crippen LogP contribution in [-0.4, -0.2) is 31.8 Å². The van der Waals surface area contributed by atoms with Gasteiger partial charge in [0.25, 0.3) is 0 Å². The fourth-order valence-corrected chi connectivity index (χ4v) is 3.86. The first-order chi connectivity index (χ1) is 14.2. The zero-order valence-electron chi connectivity index (χ0n) is 18.6. The number of carbonyl (C=O) groups is 1. The van der Waals surface area contributed by atoms with Crippen molar-refractivity contribution in [3.05, 3.63) is 51.7 Å². The Kier molecular flexibility index (Phi) is 9.10. The molecule has 2 atom stereocenters. The molecule has 166 valence electrons. The van der Waals surface area contributed by atoms with E-state index in [1.807, 2.05) is 6.07 Å². The highest BCUT2D eigenvalue weighted by Gasteiger charge is 2.39. The second kappa shape index (κ2) is 11.1. The maximum Gasteiger partial charge on any atom is 0.343 e. The van der Waals surface area contributed by atoms with E-state index in [-0.39, 0.29) is 11.0 Å². The number of alkyl halides is 1. The fourth-order valence-electron chi connectivity index (χ4n) is 3.18. The van der Waals surface area contributed by atoms with Crippen LogP contribution in [0, 0.1) is 11.3 Å². The maximum absolute atomic E-state index is 15.4. The summed E-state index contributed by atoms with van der Waals surface area (Å²) in [5.41, 5.74) is 0.878. The number of benzene rings is 1. The van der Waals surface area contributed by atoms with Gasteiger partial charge in [-0.15, -0.1) is 0 Å². The first kappa shape index (κ1) is 24.6. The third kappa shape index (κ3) is 6.67. The Morgan fingerprint density at radius 2 is 1.90 bits per heavy atom. The highest BCUT2D eigenvalue weighted by Crippen LogP contribution is 2.40. The topological polar surface area (TPSA) is 47.6 Å². The van der Waals surface area contributed by atoms with Gasteiger partial charge < -0.3 is 14.8 Å². The Morgan fingerprint density at radius 1 is 1.23 bits per heavy atom. The SMILES string of the molecule is CCCCOC1=C(C(=O)Oc2ccccc2)C(C)C(F)C(CNCC(C)(C)C)=C1Br. The molecule has 2 rings (SSSR count). The molecule has 0 saturated carbocycles. The summed E-state index contributed by atoms with van der Waals surface area (Å²) in [6.07, 6.45) is 0.485. The van der Waals surface area contributed by atoms with Gasteiger partial charge in [-0.05, 0) is 45.5 Å². The lowest BCUT2D eigenvalue weighted by atomic mass is 9.85. The van der Waals surface area contributed by atoms with Gasteiger partial charge in [-0.25, -0.2) is 9.18 Å². The number of carbonyl (C=O) groups excluding carboxylic acids is 1. The molecule has 1 aromatic carbocycles. The predicted octanol–water partition coefficient (Wildman–Crippen LogP) is 5.94. The number of nitrogens with one attached hydrogen (secondary N) is 1. The molecule has 1 aliphatic carbocycles. The molecule has 0 radical (unpaired) electrons. The standard InChI is InChI=1S/C24H33BrFNO3/c1-6-7-13-29-22-19(23(28)30-17-11-9-8-10-12-17)16(2)21(26)18(20(22)25)14-27-15-24(3,4)5/h8-12,16,21,27H,6-7,13-15H2,1-5H3. The summed E-state index contributed by atoms with van der Waals surface area (Å²) in [6.45, 7) is 11.7. The molecular weight excluding hydrogens is 449 g/mol. The molecule has 1 N–H and O–H groups in total. The number of ether oxygens (including phenoxy) is 2. The van der Waals surface area contributed by atoms with Crippen LogP contribution >= 0.6 is 15.9 Å². The molecule has 2 unspecified atom stereocenters. The van der Waals surface area contributed by atoms with Crippen molar-refractivity contribution in [2.45, 2.75) is 53.6 Å². The summed E-state index contributed by atoms with van der Waals surface area (Å²) >= 11 is 3.53. The second-order valence-electron chi connectivity index (χ2n) is 8.84. The number of para-hydroxylation sites is 1.